The highest BCUT2D eigenvalue weighted by atomic mass is 79.9. The highest BCUT2D eigenvalue weighted by molar-refractivity contribution is 9.11. The number of anilines is 1. The van der Waals surface area contributed by atoms with Crippen molar-refractivity contribution in [1.29, 1.82) is 0 Å². The van der Waals surface area contributed by atoms with Crippen LogP contribution in [0.1, 0.15) is 18.7 Å². The van der Waals surface area contributed by atoms with E-state index in [0.717, 1.165) is 21.5 Å². The van der Waals surface area contributed by atoms with Gasteiger partial charge in [0.2, 0.25) is 17.3 Å². The first-order valence-corrected chi connectivity index (χ1v) is 11.6. The summed E-state index contributed by atoms with van der Waals surface area (Å²) >= 11 is 11.9. The molecule has 2 heterocycles. The molecule has 10 heteroatoms. The molecular weight excluding hydrogens is 576 g/mol. The van der Waals surface area contributed by atoms with Crippen molar-refractivity contribution < 1.29 is 9.84 Å². The molecule has 0 radical (unpaired) electrons. The second kappa shape index (κ2) is 8.17. The van der Waals surface area contributed by atoms with E-state index in [1.807, 2.05) is 31.2 Å². The van der Waals surface area contributed by atoms with E-state index in [2.05, 4.69) is 68.3 Å². The Morgan fingerprint density at radius 2 is 1.96 bits per heavy atom. The van der Waals surface area contributed by atoms with Crippen LogP contribution in [0.2, 0.25) is 0 Å². The number of halogens is 3. The van der Waals surface area contributed by atoms with Crippen molar-refractivity contribution in [2.24, 2.45) is 0 Å². The summed E-state index contributed by atoms with van der Waals surface area (Å²) in [6.07, 6.45) is -0.624. The second-order valence-electron chi connectivity index (χ2n) is 5.79. The standard InChI is InChI=1S/C18H13Br3N4O2S/c1-2-28-18-23-17-14(24-25-18)8-5-3-4-6-11(8)22-16(27-17)12-9(19)7-10(20)15(26)13(12)21/h3-7,16,22,26H,2H2,1H3/t16-/m0/s1. The van der Waals surface area contributed by atoms with Crippen LogP contribution in [0.4, 0.5) is 5.69 Å². The van der Waals surface area contributed by atoms with E-state index in [4.69, 9.17) is 4.74 Å². The zero-order valence-corrected chi connectivity index (χ0v) is 20.0. The maximum absolute atomic E-state index is 10.4. The van der Waals surface area contributed by atoms with Gasteiger partial charge in [0.05, 0.1) is 8.95 Å². The molecule has 0 fully saturated rings. The molecule has 0 bridgehead atoms. The van der Waals surface area contributed by atoms with E-state index in [1.165, 1.54) is 11.8 Å². The second-order valence-corrected chi connectivity index (χ2v) is 9.52. The molecule has 1 atom stereocenters. The predicted octanol–water partition coefficient (Wildman–Crippen LogP) is 6.15. The Morgan fingerprint density at radius 3 is 2.75 bits per heavy atom. The van der Waals surface area contributed by atoms with E-state index in [1.54, 1.807) is 6.07 Å². The van der Waals surface area contributed by atoms with Gasteiger partial charge in [-0.25, -0.2) is 0 Å². The number of hydrogen-bond donors (Lipinski definition) is 2. The van der Waals surface area contributed by atoms with Crippen LogP contribution < -0.4 is 10.1 Å². The van der Waals surface area contributed by atoms with Gasteiger partial charge in [-0.1, -0.05) is 52.8 Å². The number of fused-ring (bicyclic) bond motifs is 3. The molecule has 144 valence electrons. The molecule has 6 nitrogen and oxygen atoms in total. The molecule has 2 aromatic carbocycles. The number of thioether (sulfide) groups is 1. The number of nitrogens with zero attached hydrogens (tertiary/aromatic N) is 3. The van der Waals surface area contributed by atoms with Gasteiger partial charge in [0.15, 0.2) is 5.69 Å². The van der Waals surface area contributed by atoms with Crippen molar-refractivity contribution in [2.45, 2.75) is 18.3 Å². The molecule has 4 rings (SSSR count). The molecule has 0 saturated carbocycles. The van der Waals surface area contributed by atoms with Crippen LogP contribution in [-0.4, -0.2) is 26.0 Å². The summed E-state index contributed by atoms with van der Waals surface area (Å²) in [7, 11) is 0. The van der Waals surface area contributed by atoms with Crippen LogP contribution >= 0.6 is 59.6 Å². The number of phenols is 1. The van der Waals surface area contributed by atoms with E-state index in [0.29, 0.717) is 31.2 Å². The molecule has 0 spiro atoms. The van der Waals surface area contributed by atoms with Gasteiger partial charge in [0.1, 0.15) is 5.75 Å². The SMILES string of the molecule is CCSc1nnc2c(n1)O[C@@H](c1c(Br)cc(Br)c(O)c1Br)Nc1ccccc1-2. The zero-order chi connectivity index (χ0) is 19.8. The lowest BCUT2D eigenvalue weighted by molar-refractivity contribution is 0.223. The van der Waals surface area contributed by atoms with Gasteiger partial charge in [-0.05, 0) is 49.7 Å². The Balaban J connectivity index is 1.89. The average Bonchev–Trinajstić information content (AvgIpc) is 2.83. The average molecular weight is 589 g/mol. The molecule has 28 heavy (non-hydrogen) atoms. The molecule has 1 aromatic heterocycles. The normalized spacial score (nSPS) is 15.1. The Kier molecular flexibility index (Phi) is 5.82. The molecule has 0 aliphatic carbocycles. The number of rotatable bonds is 3. The van der Waals surface area contributed by atoms with Gasteiger partial charge in [-0.15, -0.1) is 10.2 Å². The fourth-order valence-corrected chi connectivity index (χ4v) is 5.84. The zero-order valence-electron chi connectivity index (χ0n) is 14.4. The maximum atomic E-state index is 10.4. The predicted molar refractivity (Wildman–Crippen MR) is 120 cm³/mol. The summed E-state index contributed by atoms with van der Waals surface area (Å²) in [5.41, 5.74) is 2.95. The molecule has 0 saturated heterocycles. The Hall–Kier alpha value is -1.36. The Labute approximate surface area is 190 Å². The highest BCUT2D eigenvalue weighted by Gasteiger charge is 2.30. The molecule has 1 aliphatic rings. The monoisotopic (exact) mass is 586 g/mol. The Bertz CT molecular complexity index is 1070. The van der Waals surface area contributed by atoms with Gasteiger partial charge in [-0.2, -0.15) is 4.98 Å². The van der Waals surface area contributed by atoms with Crippen LogP contribution in [0.3, 0.4) is 0 Å². The number of aromatic hydroxyl groups is 1. The first kappa shape index (κ1) is 19.9. The third-order valence-corrected chi connectivity index (χ3v) is 6.83. The van der Waals surface area contributed by atoms with Crippen LogP contribution in [0.15, 0.2) is 48.9 Å². The fourth-order valence-electron chi connectivity index (χ4n) is 2.80. The highest BCUT2D eigenvalue weighted by Crippen LogP contribution is 2.46. The smallest absolute Gasteiger partial charge is 0.247 e. The third kappa shape index (κ3) is 3.62. The molecular formula is C18H13Br3N4O2S. The molecule has 2 N–H and O–H groups in total. The minimum Gasteiger partial charge on any atom is -0.506 e. The number of hydrogen-bond acceptors (Lipinski definition) is 7. The summed E-state index contributed by atoms with van der Waals surface area (Å²) in [5.74, 6) is 1.30. The minimum atomic E-state index is -0.624. The van der Waals surface area contributed by atoms with Crippen LogP contribution in [0.5, 0.6) is 11.6 Å². The van der Waals surface area contributed by atoms with Crippen molar-refractivity contribution in [3.63, 3.8) is 0 Å². The van der Waals surface area contributed by atoms with E-state index in [9.17, 15) is 5.11 Å². The van der Waals surface area contributed by atoms with E-state index in [-0.39, 0.29) is 5.75 Å². The number of para-hydroxylation sites is 1. The van der Waals surface area contributed by atoms with Crippen molar-refractivity contribution in [3.8, 4) is 22.9 Å². The van der Waals surface area contributed by atoms with Crippen LogP contribution in [0.25, 0.3) is 11.3 Å². The maximum Gasteiger partial charge on any atom is 0.247 e. The lowest BCUT2D eigenvalue weighted by Gasteiger charge is -2.22. The van der Waals surface area contributed by atoms with Gasteiger partial charge < -0.3 is 15.2 Å². The van der Waals surface area contributed by atoms with E-state index >= 15 is 0 Å². The van der Waals surface area contributed by atoms with Gasteiger partial charge in [0.25, 0.3) is 0 Å². The molecule has 1 aliphatic heterocycles. The van der Waals surface area contributed by atoms with E-state index < -0.39 is 6.23 Å². The number of benzene rings is 2. The summed E-state index contributed by atoms with van der Waals surface area (Å²) in [6.45, 7) is 2.03. The van der Waals surface area contributed by atoms with Gasteiger partial charge in [-0.3, -0.25) is 0 Å². The quantitative estimate of drug-likeness (QED) is 0.355. The van der Waals surface area contributed by atoms with Gasteiger partial charge in [0, 0.05) is 21.3 Å². The lowest BCUT2D eigenvalue weighted by Crippen LogP contribution is -2.18. The molecule has 3 aromatic rings. The minimum absolute atomic E-state index is 0.0874. The summed E-state index contributed by atoms with van der Waals surface area (Å²) in [6, 6.07) is 9.52. The van der Waals surface area contributed by atoms with Gasteiger partial charge >= 0.3 is 0 Å². The number of nitrogens with one attached hydrogen (secondary N) is 1. The largest absolute Gasteiger partial charge is 0.506 e. The number of aromatic nitrogens is 3. The van der Waals surface area contributed by atoms with Crippen molar-refractivity contribution in [3.05, 3.63) is 49.3 Å². The Morgan fingerprint density at radius 1 is 1.18 bits per heavy atom. The van der Waals surface area contributed by atoms with Crippen molar-refractivity contribution >= 4 is 65.2 Å². The number of ether oxygens (including phenoxy) is 1. The number of phenolic OH excluding ortho intramolecular Hbond substituents is 1. The summed E-state index contributed by atoms with van der Waals surface area (Å²) in [4.78, 5) is 4.56. The van der Waals surface area contributed by atoms with Crippen LogP contribution in [0, 0.1) is 0 Å². The van der Waals surface area contributed by atoms with Crippen molar-refractivity contribution in [1.82, 2.24) is 15.2 Å². The summed E-state index contributed by atoms with van der Waals surface area (Å²) in [5, 5.41) is 22.9. The van der Waals surface area contributed by atoms with Crippen LogP contribution in [-0.2, 0) is 0 Å². The molecule has 0 unspecified atom stereocenters. The third-order valence-electron chi connectivity index (χ3n) is 4.05. The lowest BCUT2D eigenvalue weighted by atomic mass is 10.1. The molecule has 0 amide bonds. The first-order chi connectivity index (χ1) is 13.5. The topological polar surface area (TPSA) is 80.2 Å². The summed E-state index contributed by atoms with van der Waals surface area (Å²) < 4.78 is 8.08. The first-order valence-electron chi connectivity index (χ1n) is 8.26. The van der Waals surface area contributed by atoms with Crippen molar-refractivity contribution in [2.75, 3.05) is 11.1 Å². The fraction of sp³-hybridized carbons (Fsp3) is 0.167.